The van der Waals surface area contributed by atoms with Crippen LogP contribution in [0.5, 0.6) is 0 Å². The third-order valence-electron chi connectivity index (χ3n) is 2.81. The molecule has 2 aromatic heterocycles. The smallest absolute Gasteiger partial charge is 0.195 e. The maximum atomic E-state index is 4.21. The molecular weight excluding hydrogens is 244 g/mol. The van der Waals surface area contributed by atoms with Gasteiger partial charge in [0.15, 0.2) is 10.8 Å². The number of pyridine rings is 1. The van der Waals surface area contributed by atoms with Gasteiger partial charge in [-0.1, -0.05) is 24.8 Å². The lowest BCUT2D eigenvalue weighted by molar-refractivity contribution is 0.536. The first-order chi connectivity index (χ1) is 8.81. The van der Waals surface area contributed by atoms with Crippen LogP contribution in [-0.2, 0) is 0 Å². The van der Waals surface area contributed by atoms with E-state index in [1.54, 1.807) is 11.8 Å². The predicted molar refractivity (Wildman–Crippen MR) is 76.1 cm³/mol. The fourth-order valence-electron chi connectivity index (χ4n) is 1.74. The Morgan fingerprint density at radius 3 is 3.11 bits per heavy atom. The van der Waals surface area contributed by atoms with Crippen molar-refractivity contribution in [1.82, 2.24) is 19.9 Å². The molecule has 0 amide bonds. The van der Waals surface area contributed by atoms with Crippen LogP contribution >= 0.6 is 11.8 Å². The van der Waals surface area contributed by atoms with E-state index in [0.717, 1.165) is 29.5 Å². The zero-order chi connectivity index (χ0) is 12.8. The Morgan fingerprint density at radius 2 is 2.28 bits per heavy atom. The van der Waals surface area contributed by atoms with Gasteiger partial charge in [-0.15, -0.1) is 10.2 Å². The zero-order valence-electron chi connectivity index (χ0n) is 11.0. The Hall–Kier alpha value is -1.07. The quantitative estimate of drug-likeness (QED) is 0.781. The van der Waals surface area contributed by atoms with Crippen LogP contribution in [0.25, 0.3) is 5.65 Å². The van der Waals surface area contributed by atoms with Gasteiger partial charge < -0.3 is 5.32 Å². The van der Waals surface area contributed by atoms with E-state index in [2.05, 4.69) is 29.4 Å². The molecule has 0 saturated heterocycles. The molecule has 1 atom stereocenters. The predicted octanol–water partition coefficient (Wildman–Crippen LogP) is 2.60. The van der Waals surface area contributed by atoms with Crippen LogP contribution in [0.15, 0.2) is 29.6 Å². The molecule has 0 aliphatic rings. The molecule has 0 spiro atoms. The summed E-state index contributed by atoms with van der Waals surface area (Å²) in [6, 6.07) is 6.53. The normalized spacial score (nSPS) is 13.0. The highest BCUT2D eigenvalue weighted by molar-refractivity contribution is 7.99. The molecule has 0 fully saturated rings. The number of hydrogen-bond acceptors (Lipinski definition) is 4. The molecule has 0 aliphatic carbocycles. The van der Waals surface area contributed by atoms with Gasteiger partial charge in [0.05, 0.1) is 0 Å². The number of hydrogen-bond donors (Lipinski definition) is 1. The third kappa shape index (κ3) is 3.46. The van der Waals surface area contributed by atoms with Crippen molar-refractivity contribution < 1.29 is 0 Å². The first kappa shape index (κ1) is 13.4. The van der Waals surface area contributed by atoms with Gasteiger partial charge in [0, 0.05) is 18.0 Å². The van der Waals surface area contributed by atoms with Crippen LogP contribution in [0.1, 0.15) is 26.7 Å². The Kier molecular flexibility index (Phi) is 5.01. The zero-order valence-corrected chi connectivity index (χ0v) is 11.8. The van der Waals surface area contributed by atoms with Crippen LogP contribution in [0.2, 0.25) is 0 Å². The fraction of sp³-hybridized carbons (Fsp3) is 0.538. The number of rotatable bonds is 7. The maximum absolute atomic E-state index is 4.21. The molecule has 0 saturated carbocycles. The number of nitrogens with zero attached hydrogens (tertiary/aromatic N) is 3. The van der Waals surface area contributed by atoms with E-state index >= 15 is 0 Å². The van der Waals surface area contributed by atoms with Crippen molar-refractivity contribution in [3.63, 3.8) is 0 Å². The highest BCUT2D eigenvalue weighted by atomic mass is 32.2. The molecule has 1 unspecified atom stereocenters. The summed E-state index contributed by atoms with van der Waals surface area (Å²) in [5.74, 6) is 1.06. The minimum Gasteiger partial charge on any atom is -0.314 e. The van der Waals surface area contributed by atoms with Crippen LogP contribution in [-0.4, -0.2) is 32.9 Å². The van der Waals surface area contributed by atoms with Crippen molar-refractivity contribution in [3.8, 4) is 0 Å². The van der Waals surface area contributed by atoms with Gasteiger partial charge >= 0.3 is 0 Å². The summed E-state index contributed by atoms with van der Waals surface area (Å²) < 4.78 is 2.04. The molecule has 1 N–H and O–H groups in total. The van der Waals surface area contributed by atoms with Crippen molar-refractivity contribution in [2.45, 2.75) is 37.9 Å². The van der Waals surface area contributed by atoms with E-state index in [4.69, 9.17) is 0 Å². The van der Waals surface area contributed by atoms with Gasteiger partial charge in [0.25, 0.3) is 0 Å². The number of aromatic nitrogens is 3. The topological polar surface area (TPSA) is 42.2 Å². The summed E-state index contributed by atoms with van der Waals surface area (Å²) in [5, 5.41) is 12.8. The molecule has 5 heteroatoms. The Morgan fingerprint density at radius 1 is 1.39 bits per heavy atom. The molecule has 18 heavy (non-hydrogen) atoms. The van der Waals surface area contributed by atoms with Gasteiger partial charge in [-0.2, -0.15) is 0 Å². The molecule has 0 aromatic carbocycles. The summed E-state index contributed by atoms with van der Waals surface area (Å²) in [4.78, 5) is 0. The summed E-state index contributed by atoms with van der Waals surface area (Å²) in [6.07, 6.45) is 4.34. The van der Waals surface area contributed by atoms with E-state index in [9.17, 15) is 0 Å². The highest BCUT2D eigenvalue weighted by Crippen LogP contribution is 2.17. The number of nitrogens with one attached hydrogen (secondary N) is 1. The summed E-state index contributed by atoms with van der Waals surface area (Å²) in [5.41, 5.74) is 0.914. The van der Waals surface area contributed by atoms with E-state index in [0.29, 0.717) is 6.04 Å². The molecule has 2 rings (SSSR count). The van der Waals surface area contributed by atoms with Crippen molar-refractivity contribution >= 4 is 17.4 Å². The van der Waals surface area contributed by atoms with Gasteiger partial charge in [-0.25, -0.2) is 0 Å². The monoisotopic (exact) mass is 264 g/mol. The van der Waals surface area contributed by atoms with E-state index in [-0.39, 0.29) is 0 Å². The fourth-order valence-corrected chi connectivity index (χ4v) is 2.78. The second-order valence-corrected chi connectivity index (χ2v) is 5.47. The van der Waals surface area contributed by atoms with Crippen LogP contribution in [0.4, 0.5) is 0 Å². The van der Waals surface area contributed by atoms with E-state index < -0.39 is 0 Å². The molecule has 2 aromatic rings. The Balaban J connectivity index is 1.83. The Labute approximate surface area is 112 Å². The number of fused-ring (bicyclic) bond motifs is 1. The molecule has 4 nitrogen and oxygen atoms in total. The second-order valence-electron chi connectivity index (χ2n) is 4.40. The van der Waals surface area contributed by atoms with E-state index in [1.807, 2.05) is 28.8 Å². The molecule has 98 valence electrons. The minimum atomic E-state index is 0.566. The lowest BCUT2D eigenvalue weighted by Gasteiger charge is -2.11. The third-order valence-corrected chi connectivity index (χ3v) is 3.78. The maximum Gasteiger partial charge on any atom is 0.195 e. The summed E-state index contributed by atoms with van der Waals surface area (Å²) in [7, 11) is 0. The van der Waals surface area contributed by atoms with Crippen LogP contribution in [0, 0.1) is 0 Å². The Bertz CT molecular complexity index is 483. The van der Waals surface area contributed by atoms with E-state index in [1.165, 1.54) is 6.42 Å². The molecule has 0 radical (unpaired) electrons. The lowest BCUT2D eigenvalue weighted by atomic mass is 10.2. The molecule has 2 heterocycles. The summed E-state index contributed by atoms with van der Waals surface area (Å²) in [6.45, 7) is 5.52. The van der Waals surface area contributed by atoms with Gasteiger partial charge in [-0.05, 0) is 38.4 Å². The minimum absolute atomic E-state index is 0.566. The van der Waals surface area contributed by atoms with Crippen molar-refractivity contribution in [1.29, 1.82) is 0 Å². The molecule has 0 aliphatic heterocycles. The van der Waals surface area contributed by atoms with Crippen LogP contribution in [0.3, 0.4) is 0 Å². The SMILES string of the molecule is CCCNC(C)CCSc1nnc2ccccn12. The van der Waals surface area contributed by atoms with Crippen molar-refractivity contribution in [2.24, 2.45) is 0 Å². The number of thioether (sulfide) groups is 1. The lowest BCUT2D eigenvalue weighted by Crippen LogP contribution is -2.27. The molecule has 0 bridgehead atoms. The van der Waals surface area contributed by atoms with Gasteiger partial charge in [0.1, 0.15) is 0 Å². The standard InChI is InChI=1S/C13H20N4S/c1-3-8-14-11(2)7-10-18-13-16-15-12-6-4-5-9-17(12)13/h4-6,9,11,14H,3,7-8,10H2,1-2H3. The van der Waals surface area contributed by atoms with Crippen molar-refractivity contribution in [3.05, 3.63) is 24.4 Å². The first-order valence-corrected chi connectivity index (χ1v) is 7.45. The average molecular weight is 264 g/mol. The second kappa shape index (κ2) is 6.75. The van der Waals surface area contributed by atoms with Gasteiger partial charge in [0.2, 0.25) is 0 Å². The largest absolute Gasteiger partial charge is 0.314 e. The summed E-state index contributed by atoms with van der Waals surface area (Å²) >= 11 is 1.77. The van der Waals surface area contributed by atoms with Gasteiger partial charge in [-0.3, -0.25) is 4.40 Å². The van der Waals surface area contributed by atoms with Crippen LogP contribution < -0.4 is 5.32 Å². The highest BCUT2D eigenvalue weighted by Gasteiger charge is 2.06. The average Bonchev–Trinajstić information content (AvgIpc) is 2.80. The van der Waals surface area contributed by atoms with Crippen molar-refractivity contribution in [2.75, 3.05) is 12.3 Å². The first-order valence-electron chi connectivity index (χ1n) is 6.47. The molecular formula is C13H20N4S.